The molecule has 0 radical (unpaired) electrons. The summed E-state index contributed by atoms with van der Waals surface area (Å²) in [5.74, 6) is -0.471. The highest BCUT2D eigenvalue weighted by atomic mass is 19.4. The van der Waals surface area contributed by atoms with Gasteiger partial charge in [0.25, 0.3) is 0 Å². The zero-order valence-corrected chi connectivity index (χ0v) is 15.9. The third-order valence-corrected chi connectivity index (χ3v) is 4.61. The molecule has 0 spiro atoms. The van der Waals surface area contributed by atoms with E-state index in [1.165, 1.54) is 0 Å². The van der Waals surface area contributed by atoms with Gasteiger partial charge in [-0.1, -0.05) is 6.07 Å². The number of rotatable bonds is 5. The second-order valence-electron chi connectivity index (χ2n) is 6.77. The zero-order chi connectivity index (χ0) is 20.0. The number of guanidine groups is 1. The van der Waals surface area contributed by atoms with Crippen LogP contribution in [0.2, 0.25) is 0 Å². The van der Waals surface area contributed by atoms with Gasteiger partial charge in [-0.25, -0.2) is 9.38 Å². The Bertz CT molecular complexity index is 647. The van der Waals surface area contributed by atoms with Gasteiger partial charge in [0.05, 0.1) is 12.1 Å². The molecular formula is C18H27F4N5. The molecule has 1 atom stereocenters. The van der Waals surface area contributed by atoms with Gasteiger partial charge >= 0.3 is 6.18 Å². The summed E-state index contributed by atoms with van der Waals surface area (Å²) < 4.78 is 52.6. The van der Waals surface area contributed by atoms with Crippen LogP contribution in [-0.4, -0.2) is 68.6 Å². The first kappa shape index (κ1) is 21.4. The van der Waals surface area contributed by atoms with E-state index < -0.39 is 17.6 Å². The van der Waals surface area contributed by atoms with E-state index in [0.717, 1.165) is 31.8 Å². The number of alkyl halides is 3. The maximum atomic E-state index is 13.2. The van der Waals surface area contributed by atoms with E-state index in [9.17, 15) is 17.6 Å². The van der Waals surface area contributed by atoms with Crippen LogP contribution in [0.1, 0.15) is 18.1 Å². The molecule has 1 unspecified atom stereocenters. The normalized spacial score (nSPS) is 20.0. The monoisotopic (exact) mass is 389 g/mol. The molecule has 1 aromatic carbocycles. The predicted molar refractivity (Wildman–Crippen MR) is 98.1 cm³/mol. The van der Waals surface area contributed by atoms with Crippen LogP contribution in [0.25, 0.3) is 0 Å². The molecule has 9 heteroatoms. The van der Waals surface area contributed by atoms with E-state index in [1.807, 2.05) is 6.92 Å². The zero-order valence-electron chi connectivity index (χ0n) is 15.9. The van der Waals surface area contributed by atoms with Crippen molar-refractivity contribution < 1.29 is 17.6 Å². The molecule has 2 N–H and O–H groups in total. The summed E-state index contributed by atoms with van der Waals surface area (Å²) in [5.41, 5.74) is -1.05. The van der Waals surface area contributed by atoms with Gasteiger partial charge in [0.2, 0.25) is 0 Å². The number of nitrogens with one attached hydrogen (secondary N) is 2. The van der Waals surface area contributed by atoms with Gasteiger partial charge in [-0.15, -0.1) is 0 Å². The molecule has 1 aliphatic rings. The van der Waals surface area contributed by atoms with Crippen LogP contribution in [-0.2, 0) is 12.7 Å². The van der Waals surface area contributed by atoms with Crippen molar-refractivity contribution in [3.8, 4) is 0 Å². The molecule has 1 aliphatic heterocycles. The molecule has 1 saturated heterocycles. The van der Waals surface area contributed by atoms with Gasteiger partial charge in [0.1, 0.15) is 5.82 Å². The number of benzene rings is 1. The lowest BCUT2D eigenvalue weighted by Crippen LogP contribution is -2.55. The lowest BCUT2D eigenvalue weighted by Gasteiger charge is -2.37. The summed E-state index contributed by atoms with van der Waals surface area (Å²) in [4.78, 5) is 8.74. The number of hydrogen-bond acceptors (Lipinski definition) is 3. The largest absolute Gasteiger partial charge is 0.416 e. The van der Waals surface area contributed by atoms with Crippen molar-refractivity contribution >= 4 is 5.96 Å². The van der Waals surface area contributed by atoms with Crippen molar-refractivity contribution in [1.82, 2.24) is 20.4 Å². The quantitative estimate of drug-likeness (QED) is 0.460. The summed E-state index contributed by atoms with van der Waals surface area (Å²) in [5, 5.41) is 6.24. The summed E-state index contributed by atoms with van der Waals surface area (Å²) in [6.45, 7) is 5.78. The number of halogens is 4. The van der Waals surface area contributed by atoms with Gasteiger partial charge in [-0.2, -0.15) is 13.2 Å². The number of piperazine rings is 1. The fraction of sp³-hybridized carbons (Fsp3) is 0.611. The Morgan fingerprint density at radius 1 is 1.22 bits per heavy atom. The third kappa shape index (κ3) is 6.35. The highest BCUT2D eigenvalue weighted by Gasteiger charge is 2.33. The minimum Gasteiger partial charge on any atom is -0.357 e. The Labute approximate surface area is 157 Å². The highest BCUT2D eigenvalue weighted by molar-refractivity contribution is 5.79. The molecule has 5 nitrogen and oxygen atoms in total. The first-order chi connectivity index (χ1) is 12.7. The van der Waals surface area contributed by atoms with Gasteiger partial charge in [-0.05, 0) is 38.7 Å². The molecule has 1 aromatic rings. The Hall–Kier alpha value is -1.87. The van der Waals surface area contributed by atoms with E-state index in [2.05, 4.69) is 39.5 Å². The molecule has 27 heavy (non-hydrogen) atoms. The molecular weight excluding hydrogens is 362 g/mol. The van der Waals surface area contributed by atoms with E-state index >= 15 is 0 Å². The second kappa shape index (κ2) is 9.36. The van der Waals surface area contributed by atoms with Crippen molar-refractivity contribution in [2.24, 2.45) is 4.99 Å². The first-order valence-electron chi connectivity index (χ1n) is 8.97. The fourth-order valence-electron chi connectivity index (χ4n) is 2.99. The Balaban J connectivity index is 2.07. The SMILES string of the molecule is CCNC(=NCc1ccc(F)cc1C(F)(F)F)NCC1CN(C)CCN1C. The van der Waals surface area contributed by atoms with Gasteiger partial charge < -0.3 is 15.5 Å². The topological polar surface area (TPSA) is 42.9 Å². The smallest absolute Gasteiger partial charge is 0.357 e. The molecule has 0 amide bonds. The predicted octanol–water partition coefficient (Wildman–Crippen LogP) is 2.15. The van der Waals surface area contributed by atoms with E-state index in [4.69, 9.17) is 0 Å². The minimum atomic E-state index is -4.62. The Morgan fingerprint density at radius 3 is 2.63 bits per heavy atom. The number of nitrogens with zero attached hydrogens (tertiary/aromatic N) is 3. The molecule has 1 fully saturated rings. The molecule has 0 aliphatic carbocycles. The molecule has 0 saturated carbocycles. The Morgan fingerprint density at radius 2 is 1.96 bits per heavy atom. The number of aliphatic imine (C=N–C) groups is 1. The summed E-state index contributed by atoms with van der Waals surface area (Å²) >= 11 is 0. The van der Waals surface area contributed by atoms with Gasteiger partial charge in [-0.3, -0.25) is 4.90 Å². The van der Waals surface area contributed by atoms with Crippen molar-refractivity contribution in [2.75, 3.05) is 46.8 Å². The van der Waals surface area contributed by atoms with E-state index in [0.29, 0.717) is 25.1 Å². The Kier molecular flexibility index (Phi) is 7.43. The van der Waals surface area contributed by atoms with E-state index in [-0.39, 0.29) is 18.2 Å². The van der Waals surface area contributed by atoms with E-state index in [1.54, 1.807) is 0 Å². The minimum absolute atomic E-state index is 0.0596. The van der Waals surface area contributed by atoms with Crippen molar-refractivity contribution in [1.29, 1.82) is 0 Å². The van der Waals surface area contributed by atoms with Crippen LogP contribution in [0.5, 0.6) is 0 Å². The lowest BCUT2D eigenvalue weighted by molar-refractivity contribution is -0.138. The maximum absolute atomic E-state index is 13.2. The summed E-state index contributed by atoms with van der Waals surface area (Å²) in [7, 11) is 4.12. The molecule has 1 heterocycles. The van der Waals surface area contributed by atoms with Crippen LogP contribution in [0.3, 0.4) is 0 Å². The van der Waals surface area contributed by atoms with Crippen LogP contribution in [0.4, 0.5) is 17.6 Å². The number of hydrogen-bond donors (Lipinski definition) is 2. The average Bonchev–Trinajstić information content (AvgIpc) is 2.60. The van der Waals surface area contributed by atoms with Gasteiger partial charge in [0.15, 0.2) is 5.96 Å². The van der Waals surface area contributed by atoms with Crippen LogP contribution in [0.15, 0.2) is 23.2 Å². The second-order valence-corrected chi connectivity index (χ2v) is 6.77. The summed E-state index contributed by atoms with van der Waals surface area (Å²) in [6, 6.07) is 2.95. The van der Waals surface area contributed by atoms with Crippen molar-refractivity contribution in [2.45, 2.75) is 25.7 Å². The van der Waals surface area contributed by atoms with Crippen molar-refractivity contribution in [3.05, 3.63) is 35.1 Å². The third-order valence-electron chi connectivity index (χ3n) is 4.61. The van der Waals surface area contributed by atoms with Crippen LogP contribution < -0.4 is 10.6 Å². The lowest BCUT2D eigenvalue weighted by atomic mass is 10.1. The first-order valence-corrected chi connectivity index (χ1v) is 8.97. The maximum Gasteiger partial charge on any atom is 0.416 e. The highest BCUT2D eigenvalue weighted by Crippen LogP contribution is 2.32. The molecule has 0 bridgehead atoms. The molecule has 152 valence electrons. The summed E-state index contributed by atoms with van der Waals surface area (Å²) in [6.07, 6.45) is -4.62. The average molecular weight is 389 g/mol. The fourth-order valence-corrected chi connectivity index (χ4v) is 2.99. The standard InChI is InChI=1S/C18H27F4N5/c1-4-23-17(25-11-15-12-26(2)7-8-27(15)3)24-10-13-5-6-14(19)9-16(13)18(20,21)22/h5-6,9,15H,4,7-8,10-12H2,1-3H3,(H2,23,24,25). The van der Waals surface area contributed by atoms with Gasteiger partial charge in [0, 0.05) is 38.8 Å². The molecule has 0 aromatic heterocycles. The van der Waals surface area contributed by atoms with Crippen LogP contribution in [0, 0.1) is 5.82 Å². The number of likely N-dealkylation sites (N-methyl/N-ethyl adjacent to an activating group) is 2. The van der Waals surface area contributed by atoms with Crippen LogP contribution >= 0.6 is 0 Å². The van der Waals surface area contributed by atoms with Crippen molar-refractivity contribution in [3.63, 3.8) is 0 Å². The molecule has 2 rings (SSSR count).